The summed E-state index contributed by atoms with van der Waals surface area (Å²) in [6.45, 7) is 4.01. The number of carbonyl (C=O) groups excluding carboxylic acids is 2. The lowest BCUT2D eigenvalue weighted by Gasteiger charge is -2.12. The van der Waals surface area contributed by atoms with Gasteiger partial charge >= 0.3 is 11.8 Å². The van der Waals surface area contributed by atoms with Crippen molar-refractivity contribution >= 4 is 11.8 Å². The number of amides is 2. The van der Waals surface area contributed by atoms with Gasteiger partial charge in [0.1, 0.15) is 0 Å². The Morgan fingerprint density at radius 1 is 1.27 bits per heavy atom. The van der Waals surface area contributed by atoms with Crippen molar-refractivity contribution in [1.82, 2.24) is 10.6 Å². The lowest BCUT2D eigenvalue weighted by atomic mass is 10.1. The normalized spacial score (nSPS) is 13.3. The molecule has 1 aliphatic heterocycles. The van der Waals surface area contributed by atoms with Gasteiger partial charge < -0.3 is 25.2 Å². The number of hydrogen-bond acceptors (Lipinski definition) is 5. The van der Waals surface area contributed by atoms with Crippen molar-refractivity contribution < 1.29 is 24.2 Å². The molecule has 7 heteroatoms. The molecular formula is C15H18N2O5. The van der Waals surface area contributed by atoms with E-state index in [-0.39, 0.29) is 26.3 Å². The monoisotopic (exact) mass is 306 g/mol. The largest absolute Gasteiger partial charge is 0.454 e. The summed E-state index contributed by atoms with van der Waals surface area (Å²) >= 11 is 0. The van der Waals surface area contributed by atoms with Gasteiger partial charge in [-0.15, -0.1) is 6.58 Å². The van der Waals surface area contributed by atoms with Crippen LogP contribution >= 0.6 is 0 Å². The van der Waals surface area contributed by atoms with Crippen LogP contribution in [-0.4, -0.2) is 36.8 Å². The third-order valence-electron chi connectivity index (χ3n) is 3.10. The summed E-state index contributed by atoms with van der Waals surface area (Å²) in [6.07, 6.45) is 0.986. The minimum Gasteiger partial charge on any atom is -0.454 e. The third kappa shape index (κ3) is 3.98. The van der Waals surface area contributed by atoms with Crippen LogP contribution in [0.2, 0.25) is 0 Å². The number of aliphatic hydroxyl groups excluding tert-OH is 1. The van der Waals surface area contributed by atoms with Crippen molar-refractivity contribution in [3.63, 3.8) is 0 Å². The first-order chi connectivity index (χ1) is 10.6. The molecule has 1 aromatic rings. The van der Waals surface area contributed by atoms with Crippen LogP contribution in [0.3, 0.4) is 0 Å². The van der Waals surface area contributed by atoms with E-state index in [1.807, 2.05) is 0 Å². The summed E-state index contributed by atoms with van der Waals surface area (Å²) in [7, 11) is 0. The van der Waals surface area contributed by atoms with Gasteiger partial charge in [0, 0.05) is 13.1 Å². The first-order valence-corrected chi connectivity index (χ1v) is 6.86. The summed E-state index contributed by atoms with van der Waals surface area (Å²) in [5.74, 6) is -0.232. The zero-order chi connectivity index (χ0) is 15.9. The molecule has 1 atom stereocenters. The highest BCUT2D eigenvalue weighted by Gasteiger charge is 2.17. The zero-order valence-electron chi connectivity index (χ0n) is 12.0. The smallest absolute Gasteiger partial charge is 0.309 e. The van der Waals surface area contributed by atoms with Gasteiger partial charge in [0.05, 0.1) is 6.10 Å². The Balaban J connectivity index is 1.78. The lowest BCUT2D eigenvalue weighted by molar-refractivity contribution is -0.139. The molecule has 0 aromatic heterocycles. The standard InChI is InChI=1S/C15H18N2O5/c1-2-6-16-14(19)15(20)17-7-5-11(18)10-3-4-12-13(8-10)22-9-21-12/h2-4,8,11,18H,1,5-7,9H2,(H,16,19)(H,17,20). The Morgan fingerprint density at radius 2 is 2.00 bits per heavy atom. The molecule has 0 radical (unpaired) electrons. The maximum absolute atomic E-state index is 11.4. The molecule has 2 amide bonds. The third-order valence-corrected chi connectivity index (χ3v) is 3.10. The number of rotatable bonds is 6. The molecular weight excluding hydrogens is 288 g/mol. The summed E-state index contributed by atoms with van der Waals surface area (Å²) in [5.41, 5.74) is 0.662. The SMILES string of the molecule is C=CCNC(=O)C(=O)NCCC(O)c1ccc2c(c1)OCO2. The van der Waals surface area contributed by atoms with Crippen LogP contribution in [0.15, 0.2) is 30.9 Å². The number of carbonyl (C=O) groups is 2. The molecule has 7 nitrogen and oxygen atoms in total. The molecule has 0 saturated carbocycles. The van der Waals surface area contributed by atoms with Gasteiger partial charge in [-0.3, -0.25) is 9.59 Å². The van der Waals surface area contributed by atoms with E-state index in [1.165, 1.54) is 6.08 Å². The molecule has 0 spiro atoms. The van der Waals surface area contributed by atoms with Gasteiger partial charge in [-0.05, 0) is 24.1 Å². The van der Waals surface area contributed by atoms with E-state index in [4.69, 9.17) is 9.47 Å². The molecule has 2 rings (SSSR count). The summed E-state index contributed by atoms with van der Waals surface area (Å²) in [5, 5.41) is 14.9. The number of benzene rings is 1. The molecule has 22 heavy (non-hydrogen) atoms. The van der Waals surface area contributed by atoms with E-state index < -0.39 is 17.9 Å². The summed E-state index contributed by atoms with van der Waals surface area (Å²) < 4.78 is 10.4. The van der Waals surface area contributed by atoms with E-state index >= 15 is 0 Å². The second-order valence-electron chi connectivity index (χ2n) is 4.67. The van der Waals surface area contributed by atoms with E-state index in [2.05, 4.69) is 17.2 Å². The Morgan fingerprint density at radius 3 is 2.77 bits per heavy atom. The fourth-order valence-electron chi connectivity index (χ4n) is 1.93. The molecule has 0 bridgehead atoms. The minimum atomic E-state index is -0.772. The highest BCUT2D eigenvalue weighted by Crippen LogP contribution is 2.34. The van der Waals surface area contributed by atoms with Crippen molar-refractivity contribution in [2.45, 2.75) is 12.5 Å². The summed E-state index contributed by atoms with van der Waals surface area (Å²) in [6, 6.07) is 5.16. The first kappa shape index (κ1) is 15.8. The van der Waals surface area contributed by atoms with Gasteiger partial charge in [-0.1, -0.05) is 12.1 Å². The molecule has 3 N–H and O–H groups in total. The Bertz CT molecular complexity index is 573. The van der Waals surface area contributed by atoms with Crippen molar-refractivity contribution in [2.75, 3.05) is 19.9 Å². The Kier molecular flexibility index (Phi) is 5.37. The van der Waals surface area contributed by atoms with Gasteiger partial charge in [0.2, 0.25) is 6.79 Å². The molecule has 1 heterocycles. The van der Waals surface area contributed by atoms with Crippen LogP contribution in [0.25, 0.3) is 0 Å². The number of nitrogens with one attached hydrogen (secondary N) is 2. The van der Waals surface area contributed by atoms with Gasteiger partial charge in [-0.2, -0.15) is 0 Å². The van der Waals surface area contributed by atoms with E-state index in [1.54, 1.807) is 18.2 Å². The fraction of sp³-hybridized carbons (Fsp3) is 0.333. The number of ether oxygens (including phenoxy) is 2. The Labute approximate surface area is 127 Å². The van der Waals surface area contributed by atoms with Crippen LogP contribution in [0.4, 0.5) is 0 Å². The van der Waals surface area contributed by atoms with E-state index in [9.17, 15) is 14.7 Å². The van der Waals surface area contributed by atoms with E-state index in [0.717, 1.165) is 0 Å². The molecule has 1 aromatic carbocycles. The predicted octanol–water partition coefficient (Wildman–Crippen LogP) is 0.257. The number of fused-ring (bicyclic) bond motifs is 1. The van der Waals surface area contributed by atoms with Gasteiger partial charge in [-0.25, -0.2) is 0 Å². The van der Waals surface area contributed by atoms with Gasteiger partial charge in [0.15, 0.2) is 11.5 Å². The van der Waals surface area contributed by atoms with Crippen LogP contribution in [0.1, 0.15) is 18.1 Å². The Hall–Kier alpha value is -2.54. The number of hydrogen-bond donors (Lipinski definition) is 3. The molecule has 1 unspecified atom stereocenters. The zero-order valence-corrected chi connectivity index (χ0v) is 12.0. The maximum atomic E-state index is 11.4. The van der Waals surface area contributed by atoms with Crippen molar-refractivity contribution in [3.05, 3.63) is 36.4 Å². The van der Waals surface area contributed by atoms with Crippen molar-refractivity contribution in [3.8, 4) is 11.5 Å². The molecule has 0 saturated heterocycles. The minimum absolute atomic E-state index is 0.171. The topological polar surface area (TPSA) is 96.9 Å². The average Bonchev–Trinajstić information content (AvgIpc) is 2.99. The van der Waals surface area contributed by atoms with Gasteiger partial charge in [0.25, 0.3) is 0 Å². The van der Waals surface area contributed by atoms with Crippen LogP contribution in [0.5, 0.6) is 11.5 Å². The molecule has 0 fully saturated rings. The van der Waals surface area contributed by atoms with Crippen LogP contribution in [0, 0.1) is 0 Å². The highest BCUT2D eigenvalue weighted by molar-refractivity contribution is 6.35. The lowest BCUT2D eigenvalue weighted by Crippen LogP contribution is -2.40. The molecule has 1 aliphatic rings. The summed E-state index contributed by atoms with van der Waals surface area (Å²) in [4.78, 5) is 22.8. The first-order valence-electron chi connectivity index (χ1n) is 6.86. The van der Waals surface area contributed by atoms with Crippen LogP contribution in [-0.2, 0) is 9.59 Å². The fourth-order valence-corrected chi connectivity index (χ4v) is 1.93. The molecule has 0 aliphatic carbocycles. The highest BCUT2D eigenvalue weighted by atomic mass is 16.7. The predicted molar refractivity (Wildman–Crippen MR) is 78.4 cm³/mol. The average molecular weight is 306 g/mol. The van der Waals surface area contributed by atoms with Crippen molar-refractivity contribution in [2.24, 2.45) is 0 Å². The number of aliphatic hydroxyl groups is 1. The second kappa shape index (κ2) is 7.46. The van der Waals surface area contributed by atoms with E-state index in [0.29, 0.717) is 17.1 Å². The van der Waals surface area contributed by atoms with Crippen LogP contribution < -0.4 is 20.1 Å². The quantitative estimate of drug-likeness (QED) is 0.517. The second-order valence-corrected chi connectivity index (χ2v) is 4.67. The molecule has 118 valence electrons. The van der Waals surface area contributed by atoms with Crippen molar-refractivity contribution in [1.29, 1.82) is 0 Å². The maximum Gasteiger partial charge on any atom is 0.309 e.